The van der Waals surface area contributed by atoms with Crippen molar-refractivity contribution in [3.05, 3.63) is 35.9 Å². The second-order valence-corrected chi connectivity index (χ2v) is 6.45. The molecule has 2 saturated heterocycles. The molecule has 3 heteroatoms. The molecule has 0 amide bonds. The summed E-state index contributed by atoms with van der Waals surface area (Å²) in [6.45, 7) is 2.05. The highest BCUT2D eigenvalue weighted by Gasteiger charge is 2.40. The Hall–Kier alpha value is -1.35. The quantitative estimate of drug-likeness (QED) is 0.795. The van der Waals surface area contributed by atoms with Gasteiger partial charge in [0.1, 0.15) is 6.10 Å². The van der Waals surface area contributed by atoms with Crippen LogP contribution >= 0.6 is 0 Å². The SMILES string of the molecule is CCC(C(=O)O[C@@H]1C[C@H]2CC[C@@H](C1)N2C)c1ccccc1. The number of hydrogen-bond acceptors (Lipinski definition) is 3. The fourth-order valence-corrected chi connectivity index (χ4v) is 3.93. The molecule has 2 aliphatic rings. The Morgan fingerprint density at radius 2 is 1.86 bits per heavy atom. The number of rotatable bonds is 4. The van der Waals surface area contributed by atoms with E-state index in [9.17, 15) is 4.79 Å². The van der Waals surface area contributed by atoms with Crippen molar-refractivity contribution in [1.82, 2.24) is 4.90 Å². The molecule has 0 saturated carbocycles. The highest BCUT2D eigenvalue weighted by atomic mass is 16.5. The molecule has 2 bridgehead atoms. The molecule has 4 atom stereocenters. The van der Waals surface area contributed by atoms with Gasteiger partial charge in [-0.2, -0.15) is 0 Å². The first-order valence-electron chi connectivity index (χ1n) is 8.16. The van der Waals surface area contributed by atoms with E-state index in [1.54, 1.807) is 0 Å². The molecule has 0 N–H and O–H groups in total. The minimum Gasteiger partial charge on any atom is -0.462 e. The molecule has 0 radical (unpaired) electrons. The van der Waals surface area contributed by atoms with Gasteiger partial charge in [-0.1, -0.05) is 37.3 Å². The highest BCUT2D eigenvalue weighted by Crippen LogP contribution is 2.36. The molecule has 1 aromatic rings. The molecule has 2 heterocycles. The molecule has 0 aliphatic carbocycles. The molecule has 3 nitrogen and oxygen atoms in total. The number of nitrogens with zero attached hydrogens (tertiary/aromatic N) is 1. The van der Waals surface area contributed by atoms with Crippen LogP contribution in [0.4, 0.5) is 0 Å². The summed E-state index contributed by atoms with van der Waals surface area (Å²) in [6, 6.07) is 11.2. The first kappa shape index (κ1) is 14.6. The van der Waals surface area contributed by atoms with E-state index in [0.717, 1.165) is 24.8 Å². The monoisotopic (exact) mass is 287 g/mol. The molecule has 0 aromatic heterocycles. The number of hydrogen-bond donors (Lipinski definition) is 0. The van der Waals surface area contributed by atoms with Gasteiger partial charge in [0.25, 0.3) is 0 Å². The van der Waals surface area contributed by atoms with E-state index >= 15 is 0 Å². The van der Waals surface area contributed by atoms with Crippen molar-refractivity contribution in [1.29, 1.82) is 0 Å². The number of benzene rings is 1. The summed E-state index contributed by atoms with van der Waals surface area (Å²) in [4.78, 5) is 15.0. The third kappa shape index (κ3) is 2.98. The first-order chi connectivity index (χ1) is 10.2. The zero-order valence-corrected chi connectivity index (χ0v) is 13.0. The van der Waals surface area contributed by atoms with Crippen molar-refractivity contribution in [2.75, 3.05) is 7.05 Å². The summed E-state index contributed by atoms with van der Waals surface area (Å²) in [5.41, 5.74) is 1.07. The predicted octanol–water partition coefficient (Wildman–Crippen LogP) is 3.35. The van der Waals surface area contributed by atoms with Gasteiger partial charge < -0.3 is 9.64 Å². The number of fused-ring (bicyclic) bond motifs is 2. The Kier molecular flexibility index (Phi) is 4.29. The Labute approximate surface area is 127 Å². The Bertz CT molecular complexity index is 473. The third-order valence-corrected chi connectivity index (χ3v) is 5.23. The van der Waals surface area contributed by atoms with Gasteiger partial charge in [0, 0.05) is 12.1 Å². The summed E-state index contributed by atoms with van der Waals surface area (Å²) < 4.78 is 5.86. The molecule has 1 unspecified atom stereocenters. The zero-order chi connectivity index (χ0) is 14.8. The lowest BCUT2D eigenvalue weighted by Crippen LogP contribution is -2.43. The summed E-state index contributed by atoms with van der Waals surface area (Å²) >= 11 is 0. The lowest BCUT2D eigenvalue weighted by atomic mass is 9.96. The van der Waals surface area contributed by atoms with Crippen LogP contribution in [0, 0.1) is 0 Å². The van der Waals surface area contributed by atoms with Crippen LogP contribution in [0.5, 0.6) is 0 Å². The number of carbonyl (C=O) groups is 1. The van der Waals surface area contributed by atoms with Crippen LogP contribution in [-0.4, -0.2) is 36.1 Å². The molecular formula is C18H25NO2. The Balaban J connectivity index is 1.63. The highest BCUT2D eigenvalue weighted by molar-refractivity contribution is 5.78. The van der Waals surface area contributed by atoms with Crippen molar-refractivity contribution in [2.24, 2.45) is 0 Å². The van der Waals surface area contributed by atoms with Crippen LogP contribution in [0.1, 0.15) is 50.5 Å². The van der Waals surface area contributed by atoms with Crippen LogP contribution in [-0.2, 0) is 9.53 Å². The van der Waals surface area contributed by atoms with Gasteiger partial charge in [-0.25, -0.2) is 0 Å². The normalized spacial score (nSPS) is 30.1. The number of esters is 1. The number of ether oxygens (including phenoxy) is 1. The fourth-order valence-electron chi connectivity index (χ4n) is 3.93. The predicted molar refractivity (Wildman–Crippen MR) is 83.2 cm³/mol. The second kappa shape index (κ2) is 6.18. The van der Waals surface area contributed by atoms with Gasteiger partial charge in [-0.15, -0.1) is 0 Å². The molecular weight excluding hydrogens is 262 g/mol. The molecule has 21 heavy (non-hydrogen) atoms. The number of carbonyl (C=O) groups excluding carboxylic acids is 1. The smallest absolute Gasteiger partial charge is 0.313 e. The maximum atomic E-state index is 12.5. The minimum atomic E-state index is -0.122. The van der Waals surface area contributed by atoms with Gasteiger partial charge in [-0.3, -0.25) is 4.79 Å². The van der Waals surface area contributed by atoms with E-state index in [2.05, 4.69) is 18.9 Å². The van der Waals surface area contributed by atoms with Gasteiger partial charge in [0.05, 0.1) is 5.92 Å². The van der Waals surface area contributed by atoms with Crippen molar-refractivity contribution in [3.63, 3.8) is 0 Å². The van der Waals surface area contributed by atoms with Crippen LogP contribution in [0.25, 0.3) is 0 Å². The maximum absolute atomic E-state index is 12.5. The van der Waals surface area contributed by atoms with Crippen molar-refractivity contribution in [2.45, 2.75) is 63.1 Å². The Morgan fingerprint density at radius 1 is 1.24 bits per heavy atom. The topological polar surface area (TPSA) is 29.5 Å². The third-order valence-electron chi connectivity index (χ3n) is 5.23. The van der Waals surface area contributed by atoms with E-state index in [-0.39, 0.29) is 18.0 Å². The molecule has 1 aromatic carbocycles. The Morgan fingerprint density at radius 3 is 2.43 bits per heavy atom. The standard InChI is InChI=1S/C18H25NO2/c1-3-17(13-7-5-4-6-8-13)18(20)21-16-11-14-9-10-15(12-16)19(14)2/h4-8,14-17H,3,9-12H2,1-2H3/t14-,15+,16-,17?. The van der Waals surface area contributed by atoms with Crippen molar-refractivity contribution < 1.29 is 9.53 Å². The minimum absolute atomic E-state index is 0.0438. The second-order valence-electron chi connectivity index (χ2n) is 6.45. The molecule has 3 rings (SSSR count). The van der Waals surface area contributed by atoms with E-state index in [0.29, 0.717) is 12.1 Å². The van der Waals surface area contributed by atoms with Crippen LogP contribution < -0.4 is 0 Å². The van der Waals surface area contributed by atoms with Crippen LogP contribution in [0.2, 0.25) is 0 Å². The van der Waals surface area contributed by atoms with Crippen molar-refractivity contribution in [3.8, 4) is 0 Å². The lowest BCUT2D eigenvalue weighted by Gasteiger charge is -2.36. The van der Waals surface area contributed by atoms with Crippen molar-refractivity contribution >= 4 is 5.97 Å². The molecule has 2 aliphatic heterocycles. The van der Waals surface area contributed by atoms with Crippen LogP contribution in [0.3, 0.4) is 0 Å². The zero-order valence-electron chi connectivity index (χ0n) is 13.0. The summed E-state index contributed by atoms with van der Waals surface area (Å²) in [7, 11) is 2.21. The average molecular weight is 287 g/mol. The largest absolute Gasteiger partial charge is 0.462 e. The van der Waals surface area contributed by atoms with Gasteiger partial charge in [-0.05, 0) is 44.7 Å². The van der Waals surface area contributed by atoms with Gasteiger partial charge in [0.15, 0.2) is 0 Å². The molecule has 0 spiro atoms. The fraction of sp³-hybridized carbons (Fsp3) is 0.611. The van der Waals surface area contributed by atoms with E-state index in [1.165, 1.54) is 12.8 Å². The van der Waals surface area contributed by atoms with E-state index in [1.807, 2.05) is 30.3 Å². The average Bonchev–Trinajstić information content (AvgIpc) is 2.72. The molecule has 2 fully saturated rings. The van der Waals surface area contributed by atoms with Gasteiger partial charge >= 0.3 is 5.97 Å². The summed E-state index contributed by atoms with van der Waals surface area (Å²) in [5.74, 6) is -0.166. The van der Waals surface area contributed by atoms with E-state index < -0.39 is 0 Å². The molecule has 114 valence electrons. The number of piperidine rings is 1. The van der Waals surface area contributed by atoms with Crippen LogP contribution in [0.15, 0.2) is 30.3 Å². The van der Waals surface area contributed by atoms with E-state index in [4.69, 9.17) is 4.74 Å². The summed E-state index contributed by atoms with van der Waals surface area (Å²) in [5, 5.41) is 0. The first-order valence-corrected chi connectivity index (χ1v) is 8.16. The lowest BCUT2D eigenvalue weighted by molar-refractivity contribution is -0.154. The van der Waals surface area contributed by atoms with Gasteiger partial charge in [0.2, 0.25) is 0 Å². The maximum Gasteiger partial charge on any atom is 0.313 e. The summed E-state index contributed by atoms with van der Waals surface area (Å²) in [6.07, 6.45) is 5.43.